The van der Waals surface area contributed by atoms with E-state index in [1.54, 1.807) is 0 Å². The van der Waals surface area contributed by atoms with Gasteiger partial charge >= 0.3 is 46.9 Å². The fourth-order valence-corrected chi connectivity index (χ4v) is 7.04. The summed E-state index contributed by atoms with van der Waals surface area (Å²) in [6.45, 7) is 16.5. The molecule has 2 fully saturated rings. The summed E-state index contributed by atoms with van der Waals surface area (Å²) < 4.78 is 11.9. The molecular weight excluding hydrogens is 621 g/mol. The van der Waals surface area contributed by atoms with E-state index in [2.05, 4.69) is 66.0 Å². The predicted octanol–water partition coefficient (Wildman–Crippen LogP) is 5.39. The normalized spacial score (nSPS) is 19.6. The molecule has 4 rings (SSSR count). The molecule has 6 N–H and O–H groups in total. The van der Waals surface area contributed by atoms with Crippen molar-refractivity contribution < 1.29 is 51.9 Å². The van der Waals surface area contributed by atoms with E-state index >= 15 is 0 Å². The van der Waals surface area contributed by atoms with Crippen LogP contribution in [0, 0.1) is 0 Å². The number of carboxylic acids is 4. The minimum absolute atomic E-state index is 0. The summed E-state index contributed by atoms with van der Waals surface area (Å²) in [5.74, 6) is -4.94. The number of carboxylic acid groups (broad SMARTS) is 4. The van der Waals surface area contributed by atoms with Gasteiger partial charge in [0.05, 0.1) is 11.1 Å². The van der Waals surface area contributed by atoms with Crippen LogP contribution in [0.3, 0.4) is 0 Å². The SMILES string of the molecule is CC1(C)CC(Oc2cccc(C(=O)O)c2C(=O)O)CC(C)(C)N1.CC1(C)CC(Oc2cccc(C(=O)O)c2C(=O)O)CC(C)(C)N1.[H-].[H-].[Mg+2]. The van der Waals surface area contributed by atoms with Crippen LogP contribution in [0.1, 0.15) is 125 Å². The molecule has 13 heteroatoms. The third-order valence-corrected chi connectivity index (χ3v) is 7.83. The Morgan fingerprint density at radius 1 is 0.574 bits per heavy atom. The van der Waals surface area contributed by atoms with Crippen molar-refractivity contribution >= 4 is 46.9 Å². The quantitative estimate of drug-likeness (QED) is 0.197. The van der Waals surface area contributed by atoms with Gasteiger partial charge in [0.15, 0.2) is 0 Å². The van der Waals surface area contributed by atoms with E-state index in [0.29, 0.717) is 25.7 Å². The Morgan fingerprint density at radius 2 is 0.851 bits per heavy atom. The molecule has 2 aliphatic rings. The Morgan fingerprint density at radius 3 is 1.09 bits per heavy atom. The second kappa shape index (κ2) is 14.8. The minimum Gasteiger partial charge on any atom is -1.00 e. The first kappa shape index (κ1) is 39.8. The standard InChI is InChI=1S/2C17H23NO5.Mg.2H/c2*1-16(2)8-10(9-17(3,4)18-16)23-12-7-5-6-11(14(19)20)13(12)15(21)22;;;/h2*5-7,10,18H,8-9H2,1-4H3,(H,19,20)(H,21,22);;;/q;;+2;2*-1. The van der Waals surface area contributed by atoms with Crippen molar-refractivity contribution in [3.63, 3.8) is 0 Å². The average molecular weight is 669 g/mol. The van der Waals surface area contributed by atoms with Crippen LogP contribution in [0.25, 0.3) is 0 Å². The number of hydrogen-bond donors (Lipinski definition) is 6. The number of hydrogen-bond acceptors (Lipinski definition) is 8. The van der Waals surface area contributed by atoms with Crippen molar-refractivity contribution in [2.75, 3.05) is 0 Å². The van der Waals surface area contributed by atoms with Gasteiger partial charge in [-0.1, -0.05) is 12.1 Å². The van der Waals surface area contributed by atoms with Gasteiger partial charge in [0.1, 0.15) is 34.8 Å². The largest absolute Gasteiger partial charge is 2.00 e. The topological polar surface area (TPSA) is 192 Å². The maximum Gasteiger partial charge on any atom is 2.00 e. The molecule has 0 spiro atoms. The molecule has 2 aromatic carbocycles. The molecule has 47 heavy (non-hydrogen) atoms. The second-order valence-corrected chi connectivity index (χ2v) is 14.7. The van der Waals surface area contributed by atoms with Crippen LogP contribution in [0.5, 0.6) is 11.5 Å². The summed E-state index contributed by atoms with van der Waals surface area (Å²) in [7, 11) is 0. The van der Waals surface area contributed by atoms with Crippen molar-refractivity contribution in [3.8, 4) is 11.5 Å². The van der Waals surface area contributed by atoms with E-state index in [-0.39, 0.29) is 94.0 Å². The Hall–Kier alpha value is -3.39. The Kier molecular flexibility index (Phi) is 12.5. The number of carbonyl (C=O) groups is 4. The van der Waals surface area contributed by atoms with Crippen molar-refractivity contribution in [1.82, 2.24) is 10.6 Å². The first-order valence-electron chi connectivity index (χ1n) is 15.1. The molecule has 0 saturated carbocycles. The molecule has 12 nitrogen and oxygen atoms in total. The summed E-state index contributed by atoms with van der Waals surface area (Å²) in [6.07, 6.45) is 2.42. The predicted molar refractivity (Wildman–Crippen MR) is 179 cm³/mol. The van der Waals surface area contributed by atoms with Gasteiger partial charge in [-0.15, -0.1) is 0 Å². The maximum absolute atomic E-state index is 11.5. The second-order valence-electron chi connectivity index (χ2n) is 14.7. The van der Waals surface area contributed by atoms with Crippen LogP contribution in [-0.4, -0.2) is 102 Å². The van der Waals surface area contributed by atoms with Gasteiger partial charge in [-0.3, -0.25) is 0 Å². The molecule has 0 atom stereocenters. The van der Waals surface area contributed by atoms with E-state index < -0.39 is 23.9 Å². The number of ether oxygens (including phenoxy) is 2. The third kappa shape index (κ3) is 10.8. The van der Waals surface area contributed by atoms with Crippen LogP contribution < -0.4 is 20.1 Å². The van der Waals surface area contributed by atoms with Crippen LogP contribution in [0.15, 0.2) is 36.4 Å². The Bertz CT molecular complexity index is 1370. The summed E-state index contributed by atoms with van der Waals surface area (Å²) in [5, 5.41) is 44.2. The number of rotatable bonds is 8. The first-order chi connectivity index (χ1) is 21.0. The summed E-state index contributed by atoms with van der Waals surface area (Å²) >= 11 is 0. The van der Waals surface area contributed by atoms with Gasteiger partial charge < -0.3 is 43.4 Å². The summed E-state index contributed by atoms with van der Waals surface area (Å²) in [5.41, 5.74) is -1.73. The molecule has 0 aliphatic carbocycles. The van der Waals surface area contributed by atoms with E-state index in [9.17, 15) is 39.6 Å². The molecule has 0 radical (unpaired) electrons. The van der Waals surface area contributed by atoms with Gasteiger partial charge in [0.25, 0.3) is 0 Å². The molecule has 0 aromatic heterocycles. The molecule has 2 aliphatic heterocycles. The van der Waals surface area contributed by atoms with Gasteiger partial charge in [-0.25, -0.2) is 19.2 Å². The molecular formula is C34H48MgN2O10. The summed E-state index contributed by atoms with van der Waals surface area (Å²) in [6, 6.07) is 8.57. The number of benzene rings is 2. The first-order valence-corrected chi connectivity index (χ1v) is 15.1. The van der Waals surface area contributed by atoms with Crippen LogP contribution in [0.2, 0.25) is 0 Å². The summed E-state index contributed by atoms with van der Waals surface area (Å²) in [4.78, 5) is 45.5. The van der Waals surface area contributed by atoms with E-state index in [1.165, 1.54) is 36.4 Å². The maximum atomic E-state index is 11.5. The Balaban J connectivity index is 0.000000886. The van der Waals surface area contributed by atoms with Crippen LogP contribution in [-0.2, 0) is 0 Å². The molecule has 2 aromatic rings. The molecule has 2 heterocycles. The fraction of sp³-hybridized carbons (Fsp3) is 0.529. The molecule has 0 unspecified atom stereocenters. The average Bonchev–Trinajstić information content (AvgIpc) is 2.84. The van der Waals surface area contributed by atoms with Gasteiger partial charge in [-0.05, 0) is 79.7 Å². The Labute approximate surface area is 294 Å². The van der Waals surface area contributed by atoms with Gasteiger partial charge in [0.2, 0.25) is 0 Å². The zero-order valence-electron chi connectivity index (χ0n) is 30.4. The van der Waals surface area contributed by atoms with Crippen molar-refractivity contribution in [3.05, 3.63) is 58.7 Å². The molecule has 256 valence electrons. The number of nitrogens with one attached hydrogen (secondary N) is 2. The van der Waals surface area contributed by atoms with Crippen LogP contribution in [0.4, 0.5) is 0 Å². The van der Waals surface area contributed by atoms with Crippen LogP contribution >= 0.6 is 0 Å². The number of piperidine rings is 2. The van der Waals surface area contributed by atoms with Gasteiger partial charge in [0, 0.05) is 47.8 Å². The van der Waals surface area contributed by atoms with E-state index in [0.717, 1.165) is 0 Å². The smallest absolute Gasteiger partial charge is 1.00 e. The minimum atomic E-state index is -1.30. The molecule has 2 saturated heterocycles. The monoisotopic (exact) mass is 668 g/mol. The van der Waals surface area contributed by atoms with Crippen molar-refractivity contribution in [2.24, 2.45) is 0 Å². The van der Waals surface area contributed by atoms with Gasteiger partial charge in [-0.2, -0.15) is 0 Å². The molecule has 0 amide bonds. The molecule has 0 bridgehead atoms. The number of aromatic carboxylic acids is 4. The van der Waals surface area contributed by atoms with Crippen molar-refractivity contribution in [2.45, 2.75) is 115 Å². The zero-order valence-corrected chi connectivity index (χ0v) is 29.8. The van der Waals surface area contributed by atoms with E-state index in [4.69, 9.17) is 9.47 Å². The van der Waals surface area contributed by atoms with Crippen molar-refractivity contribution in [1.29, 1.82) is 0 Å². The third-order valence-electron chi connectivity index (χ3n) is 7.83. The fourth-order valence-electron chi connectivity index (χ4n) is 7.04. The zero-order chi connectivity index (χ0) is 34.8. The van der Waals surface area contributed by atoms with E-state index in [1.807, 2.05) is 0 Å².